The first kappa shape index (κ1) is 17.0. The van der Waals surface area contributed by atoms with E-state index in [1.807, 2.05) is 11.8 Å². The summed E-state index contributed by atoms with van der Waals surface area (Å²) in [5, 5.41) is 0.631. The molecule has 4 nitrogen and oxygen atoms in total. The van der Waals surface area contributed by atoms with Gasteiger partial charge in [-0.25, -0.2) is 0 Å². The maximum absolute atomic E-state index is 12.4. The number of piperidine rings is 1. The summed E-state index contributed by atoms with van der Waals surface area (Å²) < 4.78 is 0. The number of ketones is 1. The first-order valence-electron chi connectivity index (χ1n) is 7.80. The summed E-state index contributed by atoms with van der Waals surface area (Å²) in [6, 6.07) is 7.06. The summed E-state index contributed by atoms with van der Waals surface area (Å²) in [5.41, 5.74) is 6.38. The molecule has 22 heavy (non-hydrogen) atoms. The number of Topliss-reactive ketones (excluding diaryl/α,β-unsaturated/α-hetero) is 1. The summed E-state index contributed by atoms with van der Waals surface area (Å²) in [6.45, 7) is 3.22. The SMILES string of the molecule is CC(N)CCC(=O)N1CCC(C(=O)c2ccc(Cl)cc2)CC1. The maximum atomic E-state index is 12.4. The van der Waals surface area contributed by atoms with Crippen LogP contribution in [0.1, 0.15) is 43.0 Å². The number of carbonyl (C=O) groups is 2. The van der Waals surface area contributed by atoms with Crippen molar-refractivity contribution in [1.29, 1.82) is 0 Å². The number of hydrogen-bond acceptors (Lipinski definition) is 3. The standard InChI is InChI=1S/C17H23ClN2O2/c1-12(19)2-7-16(21)20-10-8-14(9-11-20)17(22)13-3-5-15(18)6-4-13/h3-6,12,14H,2,7-11,19H2,1H3. The van der Waals surface area contributed by atoms with Gasteiger partial charge >= 0.3 is 0 Å². The normalized spacial score (nSPS) is 17.3. The molecule has 1 atom stereocenters. The van der Waals surface area contributed by atoms with Gasteiger partial charge in [0, 0.05) is 42.1 Å². The highest BCUT2D eigenvalue weighted by Gasteiger charge is 2.27. The predicted molar refractivity (Wildman–Crippen MR) is 88.0 cm³/mol. The number of nitrogens with two attached hydrogens (primary N) is 1. The lowest BCUT2D eigenvalue weighted by atomic mass is 9.89. The number of likely N-dealkylation sites (tertiary alicyclic amines) is 1. The van der Waals surface area contributed by atoms with Crippen LogP contribution in [0.15, 0.2) is 24.3 Å². The Labute approximate surface area is 136 Å². The summed E-state index contributed by atoms with van der Waals surface area (Å²) in [6.07, 6.45) is 2.66. The number of rotatable bonds is 5. The molecule has 1 aliphatic heterocycles. The van der Waals surface area contributed by atoms with E-state index in [0.29, 0.717) is 36.5 Å². The predicted octanol–water partition coefficient (Wildman–Crippen LogP) is 2.89. The molecule has 1 amide bonds. The molecule has 2 rings (SSSR count). The van der Waals surface area contributed by atoms with Crippen molar-refractivity contribution in [3.63, 3.8) is 0 Å². The summed E-state index contributed by atoms with van der Waals surface area (Å²) in [7, 11) is 0. The van der Waals surface area contributed by atoms with Crippen LogP contribution in [0.5, 0.6) is 0 Å². The van der Waals surface area contributed by atoms with Gasteiger partial charge < -0.3 is 10.6 Å². The molecular weight excluding hydrogens is 300 g/mol. The highest BCUT2D eigenvalue weighted by Crippen LogP contribution is 2.23. The maximum Gasteiger partial charge on any atom is 0.222 e. The topological polar surface area (TPSA) is 63.4 Å². The number of hydrogen-bond donors (Lipinski definition) is 1. The Morgan fingerprint density at radius 1 is 1.27 bits per heavy atom. The van der Waals surface area contributed by atoms with E-state index in [0.717, 1.165) is 12.8 Å². The van der Waals surface area contributed by atoms with E-state index in [1.54, 1.807) is 24.3 Å². The molecule has 1 fully saturated rings. The molecule has 2 N–H and O–H groups in total. The Balaban J connectivity index is 1.85. The van der Waals surface area contributed by atoms with Gasteiger partial charge in [-0.3, -0.25) is 9.59 Å². The highest BCUT2D eigenvalue weighted by molar-refractivity contribution is 6.30. The van der Waals surface area contributed by atoms with E-state index in [1.165, 1.54) is 0 Å². The lowest BCUT2D eigenvalue weighted by Gasteiger charge is -2.31. The van der Waals surface area contributed by atoms with Crippen molar-refractivity contribution in [2.75, 3.05) is 13.1 Å². The molecular formula is C17H23ClN2O2. The van der Waals surface area contributed by atoms with E-state index in [4.69, 9.17) is 17.3 Å². The molecule has 5 heteroatoms. The number of nitrogens with zero attached hydrogens (tertiary/aromatic N) is 1. The van der Waals surface area contributed by atoms with Crippen LogP contribution < -0.4 is 5.73 Å². The van der Waals surface area contributed by atoms with Gasteiger partial charge in [-0.15, -0.1) is 0 Å². The van der Waals surface area contributed by atoms with Crippen molar-refractivity contribution in [2.24, 2.45) is 11.7 Å². The van der Waals surface area contributed by atoms with Crippen molar-refractivity contribution in [1.82, 2.24) is 4.90 Å². The fourth-order valence-corrected chi connectivity index (χ4v) is 2.88. The molecule has 0 radical (unpaired) electrons. The van der Waals surface area contributed by atoms with Crippen molar-refractivity contribution < 1.29 is 9.59 Å². The molecule has 0 spiro atoms. The Morgan fingerprint density at radius 3 is 2.41 bits per heavy atom. The van der Waals surface area contributed by atoms with Crippen LogP contribution >= 0.6 is 11.6 Å². The summed E-state index contributed by atoms with van der Waals surface area (Å²) >= 11 is 5.84. The van der Waals surface area contributed by atoms with Crippen LogP contribution in [-0.4, -0.2) is 35.7 Å². The minimum Gasteiger partial charge on any atom is -0.343 e. The van der Waals surface area contributed by atoms with Gasteiger partial charge in [-0.2, -0.15) is 0 Å². The molecule has 0 saturated carbocycles. The first-order chi connectivity index (χ1) is 10.5. The van der Waals surface area contributed by atoms with E-state index >= 15 is 0 Å². The third kappa shape index (κ3) is 4.55. The summed E-state index contributed by atoms with van der Waals surface area (Å²) in [5.74, 6) is 0.299. The van der Waals surface area contributed by atoms with E-state index in [9.17, 15) is 9.59 Å². The Bertz CT molecular complexity index is 520. The zero-order chi connectivity index (χ0) is 16.1. The van der Waals surface area contributed by atoms with Gasteiger partial charge in [0.1, 0.15) is 0 Å². The third-order valence-corrected chi connectivity index (χ3v) is 4.41. The zero-order valence-corrected chi connectivity index (χ0v) is 13.7. The van der Waals surface area contributed by atoms with E-state index in [2.05, 4.69) is 0 Å². The minimum absolute atomic E-state index is 0.00124. The first-order valence-corrected chi connectivity index (χ1v) is 8.18. The van der Waals surface area contributed by atoms with Crippen molar-refractivity contribution >= 4 is 23.3 Å². The van der Waals surface area contributed by atoms with Crippen LogP contribution in [0.2, 0.25) is 5.02 Å². The lowest BCUT2D eigenvalue weighted by Crippen LogP contribution is -2.40. The molecule has 1 aromatic rings. The van der Waals surface area contributed by atoms with Crippen LogP contribution in [-0.2, 0) is 4.79 Å². The second-order valence-electron chi connectivity index (χ2n) is 6.04. The third-order valence-electron chi connectivity index (χ3n) is 4.16. The van der Waals surface area contributed by atoms with Crippen molar-refractivity contribution in [3.8, 4) is 0 Å². The van der Waals surface area contributed by atoms with E-state index in [-0.39, 0.29) is 23.7 Å². The van der Waals surface area contributed by atoms with Gasteiger partial charge in [-0.1, -0.05) is 11.6 Å². The van der Waals surface area contributed by atoms with Crippen LogP contribution in [0, 0.1) is 5.92 Å². The van der Waals surface area contributed by atoms with Gasteiger partial charge in [0.05, 0.1) is 0 Å². The Kier molecular flexibility index (Phi) is 5.98. The number of amides is 1. The fourth-order valence-electron chi connectivity index (χ4n) is 2.75. The molecule has 0 bridgehead atoms. The van der Waals surface area contributed by atoms with Crippen LogP contribution in [0.3, 0.4) is 0 Å². The molecule has 1 aromatic carbocycles. The van der Waals surface area contributed by atoms with Crippen LogP contribution in [0.4, 0.5) is 0 Å². The lowest BCUT2D eigenvalue weighted by molar-refractivity contribution is -0.132. The second-order valence-corrected chi connectivity index (χ2v) is 6.48. The molecule has 1 saturated heterocycles. The zero-order valence-electron chi connectivity index (χ0n) is 12.9. The average Bonchev–Trinajstić information content (AvgIpc) is 2.53. The largest absolute Gasteiger partial charge is 0.343 e. The molecule has 0 aliphatic carbocycles. The average molecular weight is 323 g/mol. The molecule has 1 unspecified atom stereocenters. The second kappa shape index (κ2) is 7.75. The van der Waals surface area contributed by atoms with Gasteiger partial charge in [0.25, 0.3) is 0 Å². The number of halogens is 1. The van der Waals surface area contributed by atoms with Gasteiger partial charge in [0.2, 0.25) is 5.91 Å². The highest BCUT2D eigenvalue weighted by atomic mass is 35.5. The number of benzene rings is 1. The van der Waals surface area contributed by atoms with E-state index < -0.39 is 0 Å². The molecule has 0 aromatic heterocycles. The van der Waals surface area contributed by atoms with Crippen molar-refractivity contribution in [2.45, 2.75) is 38.6 Å². The Hall–Kier alpha value is -1.39. The molecule has 1 heterocycles. The monoisotopic (exact) mass is 322 g/mol. The van der Waals surface area contributed by atoms with Gasteiger partial charge in [-0.05, 0) is 50.5 Å². The minimum atomic E-state index is -0.00124. The van der Waals surface area contributed by atoms with Crippen LogP contribution in [0.25, 0.3) is 0 Å². The molecule has 1 aliphatic rings. The Morgan fingerprint density at radius 2 is 1.86 bits per heavy atom. The molecule has 120 valence electrons. The summed E-state index contributed by atoms with van der Waals surface area (Å²) in [4.78, 5) is 26.4. The smallest absolute Gasteiger partial charge is 0.222 e. The van der Waals surface area contributed by atoms with Gasteiger partial charge in [0.15, 0.2) is 5.78 Å². The quantitative estimate of drug-likeness (QED) is 0.848. The van der Waals surface area contributed by atoms with Crippen molar-refractivity contribution in [3.05, 3.63) is 34.9 Å². The fraction of sp³-hybridized carbons (Fsp3) is 0.529. The number of carbonyl (C=O) groups excluding carboxylic acids is 2.